The van der Waals surface area contributed by atoms with Crippen LogP contribution < -0.4 is 0 Å². The van der Waals surface area contributed by atoms with Gasteiger partial charge in [-0.3, -0.25) is 0 Å². The summed E-state index contributed by atoms with van der Waals surface area (Å²) >= 11 is 0. The van der Waals surface area contributed by atoms with Gasteiger partial charge in [-0.2, -0.15) is 0 Å². The first-order valence-corrected chi connectivity index (χ1v) is 17.6. The first-order chi connectivity index (χ1) is 15.2. The highest BCUT2D eigenvalue weighted by molar-refractivity contribution is 6.84. The Bertz CT molecular complexity index is 361. The molecule has 1 atom stereocenters. The molecule has 0 bridgehead atoms. The van der Waals surface area contributed by atoms with Crippen molar-refractivity contribution >= 4 is 8.07 Å². The van der Waals surface area contributed by atoms with Crippen LogP contribution in [0.1, 0.15) is 163 Å². The van der Waals surface area contributed by atoms with Crippen LogP contribution in [0.2, 0.25) is 18.1 Å². The molecule has 186 valence electrons. The van der Waals surface area contributed by atoms with Crippen LogP contribution in [0.15, 0.2) is 11.8 Å². The van der Waals surface area contributed by atoms with Crippen molar-refractivity contribution < 1.29 is 0 Å². The molecule has 0 saturated carbocycles. The molecule has 0 spiro atoms. The number of allylic oxidation sites excluding steroid dienone is 1. The lowest BCUT2D eigenvalue weighted by molar-refractivity contribution is 0.618. The van der Waals surface area contributed by atoms with Gasteiger partial charge in [-0.05, 0) is 12.8 Å². The molecule has 0 aliphatic carbocycles. The predicted molar refractivity (Wildman–Crippen MR) is 149 cm³/mol. The summed E-state index contributed by atoms with van der Waals surface area (Å²) in [6.45, 7) is 9.35. The zero-order valence-corrected chi connectivity index (χ0v) is 23.6. The highest BCUT2D eigenvalue weighted by atomic mass is 28.3. The maximum atomic E-state index is 2.88. The lowest BCUT2D eigenvalue weighted by atomic mass is 10.1. The van der Waals surface area contributed by atoms with Gasteiger partial charge in [-0.15, -0.1) is 0 Å². The van der Waals surface area contributed by atoms with Gasteiger partial charge in [-0.1, -0.05) is 180 Å². The van der Waals surface area contributed by atoms with E-state index in [1.165, 1.54) is 135 Å². The summed E-state index contributed by atoms with van der Waals surface area (Å²) in [6, 6.07) is 4.76. The molecule has 0 radical (unpaired) electrons. The minimum atomic E-state index is -1.23. The first-order valence-electron chi connectivity index (χ1n) is 14.9. The molecule has 0 N–H and O–H groups in total. The Balaban J connectivity index is 4.80. The van der Waals surface area contributed by atoms with E-state index in [0.29, 0.717) is 0 Å². The highest BCUT2D eigenvalue weighted by Crippen LogP contribution is 2.31. The van der Waals surface area contributed by atoms with E-state index < -0.39 is 8.07 Å². The lowest BCUT2D eigenvalue weighted by Crippen LogP contribution is -2.32. The third-order valence-corrected chi connectivity index (χ3v) is 12.3. The fourth-order valence-electron chi connectivity index (χ4n) is 5.07. The number of unbranched alkanes of at least 4 members (excludes halogenated alkanes) is 17. The summed E-state index contributed by atoms with van der Waals surface area (Å²) in [6.07, 6.45) is 32.9. The fraction of sp³-hybridized carbons (Fsp3) is 0.933. The molecule has 0 aliphatic rings. The van der Waals surface area contributed by atoms with Gasteiger partial charge in [-0.25, -0.2) is 0 Å². The Morgan fingerprint density at radius 1 is 0.387 bits per heavy atom. The lowest BCUT2D eigenvalue weighted by Gasteiger charge is -2.29. The summed E-state index contributed by atoms with van der Waals surface area (Å²) in [4.78, 5) is 0. The van der Waals surface area contributed by atoms with Crippen molar-refractivity contribution in [3.63, 3.8) is 0 Å². The number of rotatable bonds is 25. The van der Waals surface area contributed by atoms with Crippen molar-refractivity contribution in [2.24, 2.45) is 0 Å². The molecular formula is C30H62Si. The Morgan fingerprint density at radius 2 is 0.710 bits per heavy atom. The van der Waals surface area contributed by atoms with Crippen LogP contribution >= 0.6 is 0 Å². The highest BCUT2D eigenvalue weighted by Gasteiger charge is 2.28. The van der Waals surface area contributed by atoms with Crippen LogP contribution in [0.5, 0.6) is 0 Å². The van der Waals surface area contributed by atoms with Crippen LogP contribution in [-0.2, 0) is 0 Å². The van der Waals surface area contributed by atoms with Gasteiger partial charge in [0.05, 0.1) is 8.07 Å². The Morgan fingerprint density at radius 3 is 1.13 bits per heavy atom. The Hall–Kier alpha value is -0.0431. The molecule has 1 unspecified atom stereocenters. The standard InChI is InChI=1S/C30H62Si/c1-5-9-13-17-19-22-26-30-31(27-23-16-12-8-4,28-24-20-15-11-7-3)29-25-21-18-14-10-6-2/h26,30H,5-25,27-29H2,1-4H3/b30-26+. The monoisotopic (exact) mass is 450 g/mol. The molecule has 0 fully saturated rings. The maximum absolute atomic E-state index is 2.88. The van der Waals surface area contributed by atoms with Crippen LogP contribution in [0.4, 0.5) is 0 Å². The number of hydrogen-bond acceptors (Lipinski definition) is 0. The van der Waals surface area contributed by atoms with Gasteiger partial charge in [0.25, 0.3) is 0 Å². The fourth-order valence-corrected chi connectivity index (χ4v) is 9.84. The topological polar surface area (TPSA) is 0 Å². The van der Waals surface area contributed by atoms with Crippen LogP contribution in [0.25, 0.3) is 0 Å². The average Bonchev–Trinajstić information content (AvgIpc) is 2.78. The van der Waals surface area contributed by atoms with Crippen molar-refractivity contribution in [2.45, 2.75) is 181 Å². The SMILES string of the molecule is CCCCCCC/C=C/[Si](CCCCCC)(CCCCCCC)CCCCCCCC. The van der Waals surface area contributed by atoms with Gasteiger partial charge < -0.3 is 0 Å². The summed E-state index contributed by atoms with van der Waals surface area (Å²) in [5.41, 5.74) is 2.88. The molecule has 0 rings (SSSR count). The summed E-state index contributed by atoms with van der Waals surface area (Å²) in [7, 11) is -1.23. The number of hydrogen-bond donors (Lipinski definition) is 0. The second kappa shape index (κ2) is 24.6. The Labute approximate surface area is 200 Å². The molecule has 0 aromatic heterocycles. The molecule has 31 heavy (non-hydrogen) atoms. The smallest absolute Gasteiger partial charge is 0.0774 e. The van der Waals surface area contributed by atoms with Gasteiger partial charge in [0, 0.05) is 0 Å². The van der Waals surface area contributed by atoms with Gasteiger partial charge >= 0.3 is 0 Å². The normalized spacial score (nSPS) is 13.8. The molecule has 0 aromatic carbocycles. The molecule has 0 nitrogen and oxygen atoms in total. The van der Waals surface area contributed by atoms with E-state index in [-0.39, 0.29) is 0 Å². The van der Waals surface area contributed by atoms with Crippen molar-refractivity contribution in [1.29, 1.82) is 0 Å². The van der Waals surface area contributed by atoms with E-state index in [1.54, 1.807) is 18.1 Å². The van der Waals surface area contributed by atoms with Gasteiger partial charge in [0.1, 0.15) is 0 Å². The van der Waals surface area contributed by atoms with Gasteiger partial charge in [0.15, 0.2) is 0 Å². The zero-order valence-electron chi connectivity index (χ0n) is 22.6. The molecule has 1 heteroatoms. The van der Waals surface area contributed by atoms with Gasteiger partial charge in [0.2, 0.25) is 0 Å². The van der Waals surface area contributed by atoms with E-state index in [0.717, 1.165) is 0 Å². The minimum Gasteiger partial charge on any atom is -0.0981 e. The summed E-state index contributed by atoms with van der Waals surface area (Å²) < 4.78 is 0. The van der Waals surface area contributed by atoms with E-state index in [9.17, 15) is 0 Å². The van der Waals surface area contributed by atoms with E-state index in [1.807, 2.05) is 0 Å². The van der Waals surface area contributed by atoms with Crippen LogP contribution in [0, 0.1) is 0 Å². The molecular weight excluding hydrogens is 388 g/mol. The van der Waals surface area contributed by atoms with E-state index in [4.69, 9.17) is 0 Å². The molecule has 0 heterocycles. The van der Waals surface area contributed by atoms with Crippen molar-refractivity contribution in [3.8, 4) is 0 Å². The van der Waals surface area contributed by atoms with Crippen molar-refractivity contribution in [3.05, 3.63) is 11.8 Å². The summed E-state index contributed by atoms with van der Waals surface area (Å²) in [5, 5.41) is 0. The Kier molecular flexibility index (Phi) is 24.6. The van der Waals surface area contributed by atoms with Crippen LogP contribution in [0.3, 0.4) is 0 Å². The summed E-state index contributed by atoms with van der Waals surface area (Å²) in [5.74, 6) is 0. The largest absolute Gasteiger partial charge is 0.0981 e. The minimum absolute atomic E-state index is 1.23. The maximum Gasteiger partial charge on any atom is 0.0774 e. The van der Waals surface area contributed by atoms with Crippen molar-refractivity contribution in [2.75, 3.05) is 0 Å². The first kappa shape index (κ1) is 31.0. The zero-order chi connectivity index (χ0) is 22.9. The molecule has 0 saturated heterocycles. The molecule has 0 aromatic rings. The third-order valence-electron chi connectivity index (χ3n) is 7.28. The quantitative estimate of drug-likeness (QED) is 0.0957. The van der Waals surface area contributed by atoms with E-state index in [2.05, 4.69) is 39.5 Å². The van der Waals surface area contributed by atoms with E-state index >= 15 is 0 Å². The average molecular weight is 451 g/mol. The molecule has 0 aliphatic heterocycles. The predicted octanol–water partition coefficient (Wildman–Crippen LogP) is 11.8. The van der Waals surface area contributed by atoms with Crippen molar-refractivity contribution in [1.82, 2.24) is 0 Å². The second-order valence-electron chi connectivity index (χ2n) is 10.5. The third kappa shape index (κ3) is 20.3. The second-order valence-corrected chi connectivity index (χ2v) is 15.0. The molecule has 0 amide bonds. The van der Waals surface area contributed by atoms with Crippen LogP contribution in [-0.4, -0.2) is 8.07 Å².